The van der Waals surface area contributed by atoms with Crippen LogP contribution in [0.5, 0.6) is 0 Å². The lowest BCUT2D eigenvalue weighted by atomic mass is 10.1. The number of carbonyl (C=O) groups excluding carboxylic acids is 2. The Bertz CT molecular complexity index is 346. The van der Waals surface area contributed by atoms with Crippen LogP contribution < -0.4 is 16.0 Å². The molecule has 4 N–H and O–H groups in total. The van der Waals surface area contributed by atoms with E-state index in [0.29, 0.717) is 19.4 Å². The van der Waals surface area contributed by atoms with Crippen LogP contribution in [-0.2, 0) is 9.59 Å². The van der Waals surface area contributed by atoms with Gasteiger partial charge in [-0.3, -0.25) is 4.79 Å². The van der Waals surface area contributed by atoms with Gasteiger partial charge in [0.15, 0.2) is 0 Å². The van der Waals surface area contributed by atoms with Crippen molar-refractivity contribution in [2.24, 2.45) is 0 Å². The molecule has 2 atom stereocenters. The number of rotatable bonds is 5. The molecule has 1 heterocycles. The van der Waals surface area contributed by atoms with Gasteiger partial charge in [-0.2, -0.15) is 0 Å². The molecule has 7 nitrogen and oxygen atoms in total. The Morgan fingerprint density at radius 1 is 1.61 bits per heavy atom. The number of aliphatic carboxylic acids is 1. The standard InChI is InChI=1S/C11H17N3O4/c1-2-3-8(10(16)17)14-11(18)13-7-4-5-9(15)12-6-7/h2,7-8H,1,3-6H2,(H,12,15)(H,16,17)(H2,13,14,18). The number of nitrogens with one attached hydrogen (secondary N) is 3. The summed E-state index contributed by atoms with van der Waals surface area (Å²) in [6.45, 7) is 3.80. The Labute approximate surface area is 105 Å². The highest BCUT2D eigenvalue weighted by Crippen LogP contribution is 2.02. The monoisotopic (exact) mass is 255 g/mol. The molecule has 18 heavy (non-hydrogen) atoms. The predicted octanol–water partition coefficient (Wildman–Crippen LogP) is -0.406. The Hall–Kier alpha value is -2.05. The maximum atomic E-state index is 11.5. The van der Waals surface area contributed by atoms with Gasteiger partial charge in [-0.1, -0.05) is 6.08 Å². The van der Waals surface area contributed by atoms with Crippen LogP contribution in [0, 0.1) is 0 Å². The van der Waals surface area contributed by atoms with Crippen LogP contribution in [-0.4, -0.2) is 41.6 Å². The van der Waals surface area contributed by atoms with Crippen LogP contribution in [0.15, 0.2) is 12.7 Å². The Balaban J connectivity index is 2.37. The van der Waals surface area contributed by atoms with E-state index in [0.717, 1.165) is 0 Å². The summed E-state index contributed by atoms with van der Waals surface area (Å²) in [5.41, 5.74) is 0. The van der Waals surface area contributed by atoms with Gasteiger partial charge in [0.1, 0.15) is 6.04 Å². The number of hydrogen-bond acceptors (Lipinski definition) is 3. The highest BCUT2D eigenvalue weighted by molar-refractivity contribution is 5.83. The molecule has 2 unspecified atom stereocenters. The van der Waals surface area contributed by atoms with E-state index in [1.165, 1.54) is 6.08 Å². The van der Waals surface area contributed by atoms with E-state index in [4.69, 9.17) is 5.11 Å². The first kappa shape index (κ1) is 14.0. The number of amides is 3. The normalized spacial score (nSPS) is 20.4. The molecule has 1 fully saturated rings. The molecule has 1 aliphatic heterocycles. The van der Waals surface area contributed by atoms with Crippen LogP contribution in [0.25, 0.3) is 0 Å². The van der Waals surface area contributed by atoms with Crippen molar-refractivity contribution < 1.29 is 19.5 Å². The first-order valence-corrected chi connectivity index (χ1v) is 5.70. The van der Waals surface area contributed by atoms with E-state index >= 15 is 0 Å². The molecule has 0 saturated carbocycles. The number of carboxylic acid groups (broad SMARTS) is 1. The molecule has 3 amide bonds. The molecule has 100 valence electrons. The summed E-state index contributed by atoms with van der Waals surface area (Å²) in [6, 6.07) is -1.70. The van der Waals surface area contributed by atoms with E-state index < -0.39 is 18.0 Å². The highest BCUT2D eigenvalue weighted by Gasteiger charge is 2.22. The lowest BCUT2D eigenvalue weighted by molar-refractivity contribution is -0.139. The lowest BCUT2D eigenvalue weighted by Gasteiger charge is -2.24. The Morgan fingerprint density at radius 2 is 2.33 bits per heavy atom. The van der Waals surface area contributed by atoms with Crippen LogP contribution in [0.1, 0.15) is 19.3 Å². The zero-order chi connectivity index (χ0) is 13.5. The summed E-state index contributed by atoms with van der Waals surface area (Å²) in [7, 11) is 0. The summed E-state index contributed by atoms with van der Waals surface area (Å²) >= 11 is 0. The van der Waals surface area contributed by atoms with E-state index in [2.05, 4.69) is 22.5 Å². The van der Waals surface area contributed by atoms with Gasteiger partial charge in [0, 0.05) is 19.0 Å². The van der Waals surface area contributed by atoms with E-state index in [1.807, 2.05) is 0 Å². The molecule has 0 aromatic carbocycles. The molecule has 0 aromatic rings. The second-order valence-corrected chi connectivity index (χ2v) is 4.07. The number of urea groups is 1. The van der Waals surface area contributed by atoms with Gasteiger partial charge in [-0.05, 0) is 12.8 Å². The SMILES string of the molecule is C=CCC(NC(=O)NC1CCC(=O)NC1)C(=O)O. The second kappa shape index (κ2) is 6.63. The van der Waals surface area contributed by atoms with Gasteiger partial charge in [0.25, 0.3) is 0 Å². The molecule has 1 rings (SSSR count). The van der Waals surface area contributed by atoms with Crippen LogP contribution in [0.2, 0.25) is 0 Å². The number of carbonyl (C=O) groups is 3. The molecule has 7 heteroatoms. The molecular formula is C11H17N3O4. The highest BCUT2D eigenvalue weighted by atomic mass is 16.4. The van der Waals surface area contributed by atoms with E-state index in [1.54, 1.807) is 0 Å². The molecule has 1 saturated heterocycles. The van der Waals surface area contributed by atoms with Crippen molar-refractivity contribution in [2.75, 3.05) is 6.54 Å². The van der Waals surface area contributed by atoms with Gasteiger partial charge in [0.05, 0.1) is 0 Å². The molecule has 0 spiro atoms. The van der Waals surface area contributed by atoms with Crippen LogP contribution >= 0.6 is 0 Å². The zero-order valence-electron chi connectivity index (χ0n) is 9.94. The lowest BCUT2D eigenvalue weighted by Crippen LogP contribution is -2.53. The fraction of sp³-hybridized carbons (Fsp3) is 0.545. The third kappa shape index (κ3) is 4.44. The smallest absolute Gasteiger partial charge is 0.326 e. The number of carboxylic acids is 1. The minimum absolute atomic E-state index is 0.0384. The topological polar surface area (TPSA) is 108 Å². The summed E-state index contributed by atoms with van der Waals surface area (Å²) in [6.07, 6.45) is 2.50. The minimum Gasteiger partial charge on any atom is -0.480 e. The first-order chi connectivity index (χ1) is 8.52. The molecule has 0 bridgehead atoms. The van der Waals surface area contributed by atoms with Gasteiger partial charge in [0.2, 0.25) is 5.91 Å². The first-order valence-electron chi connectivity index (χ1n) is 5.70. The third-order valence-electron chi connectivity index (χ3n) is 2.61. The van der Waals surface area contributed by atoms with Crippen molar-refractivity contribution in [1.82, 2.24) is 16.0 Å². The fourth-order valence-corrected chi connectivity index (χ4v) is 1.63. The predicted molar refractivity (Wildman–Crippen MR) is 63.9 cm³/mol. The minimum atomic E-state index is -1.11. The van der Waals surface area contributed by atoms with Gasteiger partial charge in [-0.15, -0.1) is 6.58 Å². The number of piperidine rings is 1. The summed E-state index contributed by atoms with van der Waals surface area (Å²) in [5, 5.41) is 16.4. The van der Waals surface area contributed by atoms with E-state index in [-0.39, 0.29) is 18.4 Å². The molecule has 0 aromatic heterocycles. The van der Waals surface area contributed by atoms with Crippen LogP contribution in [0.4, 0.5) is 4.79 Å². The average Bonchev–Trinajstić information content (AvgIpc) is 2.31. The van der Waals surface area contributed by atoms with Crippen molar-refractivity contribution in [3.05, 3.63) is 12.7 Å². The van der Waals surface area contributed by atoms with E-state index in [9.17, 15) is 14.4 Å². The second-order valence-electron chi connectivity index (χ2n) is 4.07. The van der Waals surface area contributed by atoms with Crippen molar-refractivity contribution in [1.29, 1.82) is 0 Å². The molecular weight excluding hydrogens is 238 g/mol. The maximum absolute atomic E-state index is 11.5. The average molecular weight is 255 g/mol. The van der Waals surface area contributed by atoms with Gasteiger partial charge in [-0.25, -0.2) is 9.59 Å². The van der Waals surface area contributed by atoms with Crippen molar-refractivity contribution >= 4 is 17.9 Å². The summed E-state index contributed by atoms with van der Waals surface area (Å²) in [4.78, 5) is 33.3. The summed E-state index contributed by atoms with van der Waals surface area (Å²) in [5.74, 6) is -1.15. The fourth-order valence-electron chi connectivity index (χ4n) is 1.63. The largest absolute Gasteiger partial charge is 0.480 e. The van der Waals surface area contributed by atoms with Gasteiger partial charge >= 0.3 is 12.0 Å². The zero-order valence-corrected chi connectivity index (χ0v) is 9.94. The van der Waals surface area contributed by atoms with Crippen molar-refractivity contribution in [3.63, 3.8) is 0 Å². The third-order valence-corrected chi connectivity index (χ3v) is 2.61. The quantitative estimate of drug-likeness (QED) is 0.501. The van der Waals surface area contributed by atoms with Crippen LogP contribution in [0.3, 0.4) is 0 Å². The molecule has 0 radical (unpaired) electrons. The van der Waals surface area contributed by atoms with Crippen molar-refractivity contribution in [3.8, 4) is 0 Å². The summed E-state index contributed by atoms with van der Waals surface area (Å²) < 4.78 is 0. The maximum Gasteiger partial charge on any atom is 0.326 e. The molecule has 1 aliphatic rings. The van der Waals surface area contributed by atoms with Gasteiger partial charge < -0.3 is 21.1 Å². The Kier molecular flexibility index (Phi) is 5.16. The van der Waals surface area contributed by atoms with Crippen molar-refractivity contribution in [2.45, 2.75) is 31.3 Å². The Morgan fingerprint density at radius 3 is 2.83 bits per heavy atom. The molecule has 0 aliphatic carbocycles. The number of hydrogen-bond donors (Lipinski definition) is 4.